The maximum absolute atomic E-state index is 4.71. The first kappa shape index (κ1) is 16.2. The highest BCUT2D eigenvalue weighted by atomic mass is 79.9. The van der Waals surface area contributed by atoms with Crippen LogP contribution in [0.4, 0.5) is 11.6 Å². The molecular weight excluding hydrogens is 354 g/mol. The zero-order valence-corrected chi connectivity index (χ0v) is 15.4. The van der Waals surface area contributed by atoms with E-state index in [-0.39, 0.29) is 0 Å². The van der Waals surface area contributed by atoms with Gasteiger partial charge in [-0.2, -0.15) is 0 Å². The third-order valence-corrected chi connectivity index (χ3v) is 5.26. The van der Waals surface area contributed by atoms with E-state index < -0.39 is 0 Å². The summed E-state index contributed by atoms with van der Waals surface area (Å²) in [6, 6.07) is 6.65. The highest BCUT2D eigenvalue weighted by Crippen LogP contribution is 2.25. The number of hydrogen-bond acceptors (Lipinski definition) is 5. The molecule has 0 aliphatic carbocycles. The normalized spacial score (nSPS) is 18.1. The van der Waals surface area contributed by atoms with Crippen molar-refractivity contribution < 1.29 is 0 Å². The Morgan fingerprint density at radius 1 is 1.26 bits per heavy atom. The lowest BCUT2D eigenvalue weighted by Gasteiger charge is -2.38. The summed E-state index contributed by atoms with van der Waals surface area (Å²) in [6.07, 6.45) is 3.98. The second kappa shape index (κ2) is 6.83. The summed E-state index contributed by atoms with van der Waals surface area (Å²) in [6.45, 7) is 6.06. The molecule has 3 heterocycles. The Balaban J connectivity index is 1.76. The van der Waals surface area contributed by atoms with Gasteiger partial charge in [0, 0.05) is 42.4 Å². The predicted octanol–water partition coefficient (Wildman–Crippen LogP) is 3.36. The summed E-state index contributed by atoms with van der Waals surface area (Å²) in [4.78, 5) is 18.0. The number of hydrogen-bond donors (Lipinski definition) is 0. The smallest absolute Gasteiger partial charge is 0.132 e. The lowest BCUT2D eigenvalue weighted by atomic mass is 10.0. The van der Waals surface area contributed by atoms with Crippen molar-refractivity contribution in [1.82, 2.24) is 15.0 Å². The standard InChI is InChI=1S/C17H22BrN5/c1-12-9-17(20-11-19-12)22(3)14-5-4-8-23(10-14)16-7-6-15(18)13(2)21-16/h6-7,9,11,14H,4-5,8,10H2,1-3H3. The molecule has 1 saturated heterocycles. The van der Waals surface area contributed by atoms with Crippen LogP contribution >= 0.6 is 15.9 Å². The predicted molar refractivity (Wildman–Crippen MR) is 97.1 cm³/mol. The van der Waals surface area contributed by atoms with E-state index in [1.807, 2.05) is 19.9 Å². The Bertz CT molecular complexity index is 690. The van der Waals surface area contributed by atoms with Gasteiger partial charge in [0.15, 0.2) is 0 Å². The van der Waals surface area contributed by atoms with E-state index in [0.29, 0.717) is 6.04 Å². The number of nitrogens with zero attached hydrogens (tertiary/aromatic N) is 5. The average Bonchev–Trinajstić information content (AvgIpc) is 2.57. The molecule has 2 aromatic rings. The van der Waals surface area contributed by atoms with Crippen LogP contribution in [-0.2, 0) is 0 Å². The molecule has 23 heavy (non-hydrogen) atoms. The van der Waals surface area contributed by atoms with Gasteiger partial charge in [0.2, 0.25) is 0 Å². The van der Waals surface area contributed by atoms with E-state index in [2.05, 4.69) is 54.9 Å². The van der Waals surface area contributed by atoms with Crippen LogP contribution in [0.3, 0.4) is 0 Å². The average molecular weight is 376 g/mol. The number of piperidine rings is 1. The van der Waals surface area contributed by atoms with Gasteiger partial charge < -0.3 is 9.80 Å². The quantitative estimate of drug-likeness (QED) is 0.822. The molecule has 2 aromatic heterocycles. The highest BCUT2D eigenvalue weighted by Gasteiger charge is 2.25. The molecule has 1 unspecified atom stereocenters. The van der Waals surface area contributed by atoms with Crippen LogP contribution < -0.4 is 9.80 Å². The summed E-state index contributed by atoms with van der Waals surface area (Å²) >= 11 is 3.52. The second-order valence-electron chi connectivity index (χ2n) is 6.11. The van der Waals surface area contributed by atoms with Crippen molar-refractivity contribution >= 4 is 27.6 Å². The molecule has 0 saturated carbocycles. The molecule has 1 fully saturated rings. The van der Waals surface area contributed by atoms with E-state index >= 15 is 0 Å². The minimum atomic E-state index is 0.434. The minimum Gasteiger partial charge on any atom is -0.355 e. The monoisotopic (exact) mass is 375 g/mol. The molecule has 0 radical (unpaired) electrons. The summed E-state index contributed by atoms with van der Waals surface area (Å²) in [5, 5.41) is 0. The highest BCUT2D eigenvalue weighted by molar-refractivity contribution is 9.10. The molecule has 3 rings (SSSR count). The Kier molecular flexibility index (Phi) is 4.80. The van der Waals surface area contributed by atoms with Crippen LogP contribution in [-0.4, -0.2) is 41.1 Å². The molecule has 1 atom stereocenters. The molecule has 5 nitrogen and oxygen atoms in total. The van der Waals surface area contributed by atoms with Crippen LogP contribution in [0.15, 0.2) is 29.0 Å². The largest absolute Gasteiger partial charge is 0.355 e. The molecule has 0 N–H and O–H groups in total. The summed E-state index contributed by atoms with van der Waals surface area (Å²) in [5.74, 6) is 2.05. The van der Waals surface area contributed by atoms with Crippen molar-refractivity contribution in [1.29, 1.82) is 0 Å². The van der Waals surface area contributed by atoms with Crippen molar-refractivity contribution in [2.75, 3.05) is 29.9 Å². The molecule has 0 spiro atoms. The molecule has 1 aliphatic heterocycles. The van der Waals surface area contributed by atoms with Gasteiger partial charge in [-0.1, -0.05) is 0 Å². The molecule has 0 bridgehead atoms. The Hall–Kier alpha value is -1.69. The summed E-state index contributed by atoms with van der Waals surface area (Å²) < 4.78 is 1.06. The van der Waals surface area contributed by atoms with Gasteiger partial charge in [0.05, 0.1) is 5.69 Å². The van der Waals surface area contributed by atoms with Gasteiger partial charge in [-0.3, -0.25) is 0 Å². The first-order valence-corrected chi connectivity index (χ1v) is 8.73. The summed E-state index contributed by atoms with van der Waals surface area (Å²) in [7, 11) is 2.12. The maximum atomic E-state index is 4.71. The zero-order valence-electron chi connectivity index (χ0n) is 13.8. The van der Waals surface area contributed by atoms with Crippen molar-refractivity contribution in [2.24, 2.45) is 0 Å². The maximum Gasteiger partial charge on any atom is 0.132 e. The van der Waals surface area contributed by atoms with Gasteiger partial charge in [-0.25, -0.2) is 15.0 Å². The molecule has 1 aliphatic rings. The Morgan fingerprint density at radius 2 is 2.09 bits per heavy atom. The lowest BCUT2D eigenvalue weighted by Crippen LogP contribution is -2.47. The third-order valence-electron chi connectivity index (χ3n) is 4.43. The second-order valence-corrected chi connectivity index (χ2v) is 6.96. The fourth-order valence-corrected chi connectivity index (χ4v) is 3.23. The van der Waals surface area contributed by atoms with Crippen LogP contribution in [0.2, 0.25) is 0 Å². The molecular formula is C17H22BrN5. The molecule has 0 aromatic carbocycles. The number of aryl methyl sites for hydroxylation is 2. The number of anilines is 2. The van der Waals surface area contributed by atoms with Crippen molar-refractivity contribution in [2.45, 2.75) is 32.7 Å². The van der Waals surface area contributed by atoms with Gasteiger partial charge in [-0.05, 0) is 54.8 Å². The fraction of sp³-hybridized carbons (Fsp3) is 0.471. The van der Waals surface area contributed by atoms with Crippen LogP contribution in [0.1, 0.15) is 24.2 Å². The van der Waals surface area contributed by atoms with E-state index in [4.69, 9.17) is 4.98 Å². The van der Waals surface area contributed by atoms with Gasteiger partial charge in [-0.15, -0.1) is 0 Å². The summed E-state index contributed by atoms with van der Waals surface area (Å²) in [5.41, 5.74) is 2.03. The molecule has 0 amide bonds. The van der Waals surface area contributed by atoms with Crippen LogP contribution in [0, 0.1) is 13.8 Å². The number of halogens is 1. The van der Waals surface area contributed by atoms with Gasteiger partial charge >= 0.3 is 0 Å². The van der Waals surface area contributed by atoms with Crippen molar-refractivity contribution in [3.63, 3.8) is 0 Å². The topological polar surface area (TPSA) is 45.2 Å². The first-order chi connectivity index (χ1) is 11.0. The SMILES string of the molecule is Cc1cc(N(C)C2CCCN(c3ccc(Br)c(C)n3)C2)ncn1. The molecule has 122 valence electrons. The lowest BCUT2D eigenvalue weighted by molar-refractivity contribution is 0.483. The number of rotatable bonds is 3. The van der Waals surface area contributed by atoms with Crippen LogP contribution in [0.25, 0.3) is 0 Å². The molecule has 6 heteroatoms. The first-order valence-electron chi connectivity index (χ1n) is 7.94. The van der Waals surface area contributed by atoms with E-state index in [0.717, 1.165) is 47.0 Å². The number of aromatic nitrogens is 3. The van der Waals surface area contributed by atoms with E-state index in [9.17, 15) is 0 Å². The van der Waals surface area contributed by atoms with Gasteiger partial charge in [0.25, 0.3) is 0 Å². The number of pyridine rings is 1. The third kappa shape index (κ3) is 3.63. The van der Waals surface area contributed by atoms with Crippen molar-refractivity contribution in [3.05, 3.63) is 40.4 Å². The van der Waals surface area contributed by atoms with Gasteiger partial charge in [0.1, 0.15) is 18.0 Å². The Labute approximate surface area is 145 Å². The van der Waals surface area contributed by atoms with E-state index in [1.165, 1.54) is 6.42 Å². The fourth-order valence-electron chi connectivity index (χ4n) is 3.01. The number of likely N-dealkylation sites (N-methyl/N-ethyl adjacent to an activating group) is 1. The van der Waals surface area contributed by atoms with Crippen molar-refractivity contribution in [3.8, 4) is 0 Å². The van der Waals surface area contributed by atoms with Crippen LogP contribution in [0.5, 0.6) is 0 Å². The minimum absolute atomic E-state index is 0.434. The Morgan fingerprint density at radius 3 is 2.83 bits per heavy atom. The van der Waals surface area contributed by atoms with E-state index in [1.54, 1.807) is 6.33 Å². The zero-order chi connectivity index (χ0) is 16.4.